The van der Waals surface area contributed by atoms with Gasteiger partial charge in [0.2, 0.25) is 13.6 Å². The van der Waals surface area contributed by atoms with Crippen molar-refractivity contribution in [1.82, 2.24) is 9.55 Å². The van der Waals surface area contributed by atoms with E-state index >= 15 is 4.39 Å². The summed E-state index contributed by atoms with van der Waals surface area (Å²) in [7, 11) is -4.44. The third-order valence-corrected chi connectivity index (χ3v) is 7.83. The molecule has 1 saturated heterocycles. The van der Waals surface area contributed by atoms with Crippen LogP contribution in [0.1, 0.15) is 54.7 Å². The predicted molar refractivity (Wildman–Crippen MR) is 142 cm³/mol. The van der Waals surface area contributed by atoms with Crippen LogP contribution in [-0.4, -0.2) is 63.9 Å². The van der Waals surface area contributed by atoms with Crippen LogP contribution in [-0.2, 0) is 37.4 Å². The lowest BCUT2D eigenvalue weighted by Crippen LogP contribution is -2.45. The number of aliphatic hydroxyl groups excluding tert-OH is 1. The van der Waals surface area contributed by atoms with Crippen LogP contribution in [0.2, 0.25) is 0 Å². The molecule has 1 aromatic heterocycles. The van der Waals surface area contributed by atoms with E-state index in [0.29, 0.717) is 0 Å². The average molecular weight is 612 g/mol. The minimum atomic E-state index is -4.44. The molecule has 0 saturated carbocycles. The van der Waals surface area contributed by atoms with Crippen molar-refractivity contribution in [3.63, 3.8) is 0 Å². The highest BCUT2D eigenvalue weighted by molar-refractivity contribution is 7.57. The molecule has 1 aromatic rings. The number of hydrogen-bond donors (Lipinski definition) is 2. The van der Waals surface area contributed by atoms with E-state index in [4.69, 9.17) is 40.6 Å². The Kier molecular flexibility index (Phi) is 10.7. The van der Waals surface area contributed by atoms with E-state index in [9.17, 15) is 24.1 Å². The van der Waals surface area contributed by atoms with Gasteiger partial charge in [-0.3, -0.25) is 27.8 Å². The number of ether oxygens (including phenoxy) is 3. The quantitative estimate of drug-likeness (QED) is 0.171. The van der Waals surface area contributed by atoms with Gasteiger partial charge in [0.05, 0.1) is 16.7 Å². The molecule has 4 atom stereocenters. The number of nitrogens with two attached hydrogens (primary N) is 1. The van der Waals surface area contributed by atoms with Gasteiger partial charge in [-0.1, -0.05) is 0 Å². The van der Waals surface area contributed by atoms with Crippen molar-refractivity contribution in [2.24, 2.45) is 10.8 Å². The van der Waals surface area contributed by atoms with Gasteiger partial charge in [0.1, 0.15) is 17.5 Å². The van der Waals surface area contributed by atoms with Crippen LogP contribution in [0, 0.1) is 10.8 Å². The van der Waals surface area contributed by atoms with Crippen LogP contribution in [0.3, 0.4) is 0 Å². The van der Waals surface area contributed by atoms with E-state index in [1.165, 1.54) is 13.0 Å². The lowest BCUT2D eigenvalue weighted by Gasteiger charge is -2.31. The van der Waals surface area contributed by atoms with Gasteiger partial charge >= 0.3 is 25.2 Å². The van der Waals surface area contributed by atoms with Crippen LogP contribution in [0.15, 0.2) is 28.4 Å². The second-order valence-electron chi connectivity index (χ2n) is 11.2. The van der Waals surface area contributed by atoms with Crippen molar-refractivity contribution in [3.8, 4) is 0 Å². The van der Waals surface area contributed by atoms with Crippen LogP contribution >= 0.6 is 19.2 Å². The van der Waals surface area contributed by atoms with Crippen molar-refractivity contribution in [2.75, 3.05) is 25.2 Å². The normalized spacial score (nSPS) is 24.1. The molecule has 16 heteroatoms. The van der Waals surface area contributed by atoms with Crippen molar-refractivity contribution in [1.29, 1.82) is 0 Å². The van der Waals surface area contributed by atoms with Crippen molar-refractivity contribution in [3.05, 3.63) is 34.1 Å². The molecule has 0 aromatic carbocycles. The SMILES string of the molecule is C/C(=C/P(=O)(OCOC(=O)C(C)(C)C)OCOC(=O)C(C)(C)C)[C@@]1(CCl)O[C@@H](n2ccc(N)nc2=O)[C@H](F)[C@@H]1O. The largest absolute Gasteiger partial charge is 0.438 e. The summed E-state index contributed by atoms with van der Waals surface area (Å²) in [6.45, 7) is 9.24. The van der Waals surface area contributed by atoms with Crippen LogP contribution < -0.4 is 11.4 Å². The summed E-state index contributed by atoms with van der Waals surface area (Å²) in [5.74, 6) is -1.12. The van der Waals surface area contributed by atoms with Crippen LogP contribution in [0.4, 0.5) is 10.2 Å². The smallest absolute Gasteiger partial charge is 0.360 e. The Labute approximate surface area is 236 Å². The second kappa shape index (κ2) is 12.7. The Hall–Kier alpha value is -2.35. The standard InChI is InChI=1S/C24H36ClFN3O10P/c1-14(24(11-25)17(30)16(26)18(39-24)29-9-8-15(27)28-21(29)33)10-40(34,37-12-35-19(31)22(2,3)4)38-13-36-20(32)23(5,6)7/h8-10,16-18,30H,11-13H2,1-7H3,(H2,27,28,33)/b14-10-/t16-,17+,18-,24-/m1/s1. The van der Waals surface area contributed by atoms with Gasteiger partial charge < -0.3 is 25.1 Å². The highest BCUT2D eigenvalue weighted by Crippen LogP contribution is 2.54. The third kappa shape index (κ3) is 7.89. The molecule has 226 valence electrons. The van der Waals surface area contributed by atoms with E-state index in [0.717, 1.165) is 16.6 Å². The van der Waals surface area contributed by atoms with Gasteiger partial charge in [-0.05, 0) is 60.1 Å². The molecule has 0 aliphatic carbocycles. The molecular weight excluding hydrogens is 576 g/mol. The summed E-state index contributed by atoms with van der Waals surface area (Å²) in [6, 6.07) is 1.24. The number of rotatable bonds is 10. The maximum atomic E-state index is 15.3. The lowest BCUT2D eigenvalue weighted by atomic mass is 9.91. The first kappa shape index (κ1) is 33.9. The molecule has 0 radical (unpaired) electrons. The summed E-state index contributed by atoms with van der Waals surface area (Å²) >= 11 is 6.13. The highest BCUT2D eigenvalue weighted by atomic mass is 35.5. The molecule has 0 amide bonds. The zero-order chi connectivity index (χ0) is 30.7. The molecule has 1 aliphatic heterocycles. The molecule has 0 bridgehead atoms. The van der Waals surface area contributed by atoms with Crippen molar-refractivity contribution < 1.29 is 46.9 Å². The minimum absolute atomic E-state index is 0.107. The molecule has 40 heavy (non-hydrogen) atoms. The number of nitrogens with zero attached hydrogens (tertiary/aromatic N) is 2. The number of halogens is 2. The predicted octanol–water partition coefficient (Wildman–Crippen LogP) is 3.25. The first-order valence-electron chi connectivity index (χ1n) is 12.1. The van der Waals surface area contributed by atoms with Gasteiger partial charge in [0.25, 0.3) is 0 Å². The molecule has 0 unspecified atom stereocenters. The maximum absolute atomic E-state index is 15.3. The van der Waals surface area contributed by atoms with Crippen LogP contribution in [0.5, 0.6) is 0 Å². The zero-order valence-corrected chi connectivity index (χ0v) is 25.0. The number of nitrogen functional groups attached to an aromatic ring is 1. The molecule has 2 rings (SSSR count). The van der Waals surface area contributed by atoms with E-state index in [-0.39, 0.29) is 11.4 Å². The fraction of sp³-hybridized carbons (Fsp3) is 0.667. The van der Waals surface area contributed by atoms with Crippen LogP contribution in [0.25, 0.3) is 0 Å². The molecule has 3 N–H and O–H groups in total. The van der Waals surface area contributed by atoms with E-state index in [2.05, 4.69) is 4.98 Å². The topological polar surface area (TPSA) is 178 Å². The highest BCUT2D eigenvalue weighted by Gasteiger charge is 2.57. The van der Waals surface area contributed by atoms with Gasteiger partial charge in [-0.2, -0.15) is 4.98 Å². The van der Waals surface area contributed by atoms with Gasteiger partial charge in [-0.25, -0.2) is 9.18 Å². The molecule has 1 fully saturated rings. The molecule has 2 heterocycles. The monoisotopic (exact) mass is 611 g/mol. The van der Waals surface area contributed by atoms with E-state index in [1.54, 1.807) is 41.5 Å². The van der Waals surface area contributed by atoms with E-state index < -0.39 is 79.6 Å². The molecular formula is C24H36ClFN3O10P. The minimum Gasteiger partial charge on any atom is -0.438 e. The Morgan fingerprint density at radius 2 is 1.70 bits per heavy atom. The van der Waals surface area contributed by atoms with Crippen molar-refractivity contribution >= 4 is 37.0 Å². The summed E-state index contributed by atoms with van der Waals surface area (Å²) in [4.78, 5) is 40.1. The third-order valence-electron chi connectivity index (χ3n) is 5.80. The molecule has 13 nitrogen and oxygen atoms in total. The number of carbonyl (C=O) groups excluding carboxylic acids is 2. The zero-order valence-electron chi connectivity index (χ0n) is 23.4. The van der Waals surface area contributed by atoms with Gasteiger partial charge in [0.15, 0.2) is 12.4 Å². The Morgan fingerprint density at radius 1 is 1.20 bits per heavy atom. The number of alkyl halides is 2. The fourth-order valence-electron chi connectivity index (χ4n) is 3.33. The Bertz CT molecular complexity index is 1190. The number of hydrogen-bond acceptors (Lipinski definition) is 12. The summed E-state index contributed by atoms with van der Waals surface area (Å²) in [5, 5.41) is 10.8. The Morgan fingerprint density at radius 3 is 2.12 bits per heavy atom. The van der Waals surface area contributed by atoms with Gasteiger partial charge in [0, 0.05) is 12.0 Å². The second-order valence-corrected chi connectivity index (χ2v) is 13.3. The Balaban J connectivity index is 2.40. The van der Waals surface area contributed by atoms with E-state index in [1.807, 2.05) is 0 Å². The number of esters is 2. The molecule has 1 aliphatic rings. The summed E-state index contributed by atoms with van der Waals surface area (Å²) in [6.07, 6.45) is -4.64. The number of aromatic nitrogens is 2. The lowest BCUT2D eigenvalue weighted by molar-refractivity contribution is -0.161. The summed E-state index contributed by atoms with van der Waals surface area (Å²) in [5.41, 5.74) is 0.636. The van der Waals surface area contributed by atoms with Crippen molar-refractivity contribution in [2.45, 2.75) is 72.6 Å². The first-order valence-corrected chi connectivity index (χ1v) is 14.3. The average Bonchev–Trinajstić information content (AvgIpc) is 3.08. The molecule has 0 spiro atoms. The fourth-order valence-corrected chi connectivity index (χ4v) is 5.08. The number of carbonyl (C=O) groups is 2. The first-order chi connectivity index (χ1) is 18.3. The number of anilines is 1. The maximum Gasteiger partial charge on any atom is 0.360 e. The van der Waals surface area contributed by atoms with Gasteiger partial charge in [-0.15, -0.1) is 11.6 Å². The number of aliphatic hydroxyl groups is 1. The summed E-state index contributed by atoms with van der Waals surface area (Å²) < 4.78 is 56.1.